The van der Waals surface area contributed by atoms with E-state index in [0.29, 0.717) is 12.4 Å². The van der Waals surface area contributed by atoms with Gasteiger partial charge in [0.1, 0.15) is 11.6 Å². The number of aromatic nitrogens is 3. The van der Waals surface area contributed by atoms with Gasteiger partial charge in [-0.1, -0.05) is 25.1 Å². The molecule has 0 saturated carbocycles. The number of rotatable bonds is 10. The van der Waals surface area contributed by atoms with Crippen LogP contribution in [0.1, 0.15) is 39.4 Å². The van der Waals surface area contributed by atoms with Crippen molar-refractivity contribution in [3.63, 3.8) is 0 Å². The Kier molecular flexibility index (Phi) is 7.78. The summed E-state index contributed by atoms with van der Waals surface area (Å²) in [4.78, 5) is 12.2. The summed E-state index contributed by atoms with van der Waals surface area (Å²) in [6.07, 6.45) is 3.15. The summed E-state index contributed by atoms with van der Waals surface area (Å²) in [6.45, 7) is 7.61. The first kappa shape index (κ1) is 19.3. The van der Waals surface area contributed by atoms with Crippen LogP contribution in [-0.2, 0) is 17.8 Å². The first-order valence-electron chi connectivity index (χ1n) is 8.75. The highest BCUT2D eigenvalue weighted by Crippen LogP contribution is 2.19. The zero-order valence-corrected chi connectivity index (χ0v) is 15.9. The van der Waals surface area contributed by atoms with Gasteiger partial charge in [-0.15, -0.1) is 10.2 Å². The zero-order chi connectivity index (χ0) is 18.1. The molecular formula is C18H26N4O2S. The topological polar surface area (TPSA) is 69.0 Å². The molecule has 0 spiro atoms. The summed E-state index contributed by atoms with van der Waals surface area (Å²) in [7, 11) is 0. The number of aryl methyl sites for hydroxylation is 1. The van der Waals surface area contributed by atoms with Crippen LogP contribution < -0.4 is 10.1 Å². The molecule has 6 nitrogen and oxygen atoms in total. The second-order valence-corrected chi connectivity index (χ2v) is 6.48. The van der Waals surface area contributed by atoms with Crippen molar-refractivity contribution in [3.8, 4) is 5.75 Å². The number of hydrogen-bond donors (Lipinski definition) is 1. The first-order chi connectivity index (χ1) is 12.2. The monoisotopic (exact) mass is 362 g/mol. The average molecular weight is 362 g/mol. The van der Waals surface area contributed by atoms with Gasteiger partial charge in [0, 0.05) is 18.7 Å². The summed E-state index contributed by atoms with van der Waals surface area (Å²) < 4.78 is 7.48. The summed E-state index contributed by atoms with van der Waals surface area (Å²) in [5, 5.41) is 12.2. The molecule has 25 heavy (non-hydrogen) atoms. The van der Waals surface area contributed by atoms with E-state index >= 15 is 0 Å². The molecule has 2 aromatic rings. The SMILES string of the molecule is CCCCc1nnc(SCC(=O)Nc2ccc(OCC)cc2)n1CC. The smallest absolute Gasteiger partial charge is 0.234 e. The van der Waals surface area contributed by atoms with Crippen LogP contribution >= 0.6 is 11.8 Å². The second-order valence-electron chi connectivity index (χ2n) is 5.54. The van der Waals surface area contributed by atoms with Crippen molar-refractivity contribution in [1.29, 1.82) is 0 Å². The fraction of sp³-hybridized carbons (Fsp3) is 0.500. The van der Waals surface area contributed by atoms with Gasteiger partial charge in [0.25, 0.3) is 0 Å². The number of carbonyl (C=O) groups is 1. The standard InChI is InChI=1S/C18H26N4O2S/c1-4-7-8-16-20-21-18(22(16)5-2)25-13-17(23)19-14-9-11-15(12-10-14)24-6-3/h9-12H,4-8,13H2,1-3H3,(H,19,23). The van der Waals surface area contributed by atoms with Crippen LogP contribution in [0, 0.1) is 0 Å². The van der Waals surface area contributed by atoms with Crippen LogP contribution in [0.15, 0.2) is 29.4 Å². The van der Waals surface area contributed by atoms with Gasteiger partial charge in [-0.3, -0.25) is 4.79 Å². The van der Waals surface area contributed by atoms with E-state index in [1.807, 2.05) is 31.2 Å². The van der Waals surface area contributed by atoms with Gasteiger partial charge in [0.15, 0.2) is 5.16 Å². The number of unbranched alkanes of at least 4 members (excludes halogenated alkanes) is 1. The molecule has 0 bridgehead atoms. The molecule has 0 saturated heterocycles. The maximum atomic E-state index is 12.2. The Morgan fingerprint density at radius 3 is 2.60 bits per heavy atom. The number of hydrogen-bond acceptors (Lipinski definition) is 5. The Labute approximate surface area is 153 Å². The largest absolute Gasteiger partial charge is 0.494 e. The van der Waals surface area contributed by atoms with Crippen molar-refractivity contribution in [2.45, 2.75) is 51.7 Å². The highest BCUT2D eigenvalue weighted by molar-refractivity contribution is 7.99. The Bertz CT molecular complexity index is 670. The molecule has 0 fully saturated rings. The number of anilines is 1. The number of thioether (sulfide) groups is 1. The number of carbonyl (C=O) groups excluding carboxylic acids is 1. The molecule has 1 amide bonds. The minimum absolute atomic E-state index is 0.0603. The summed E-state index contributed by atoms with van der Waals surface area (Å²) in [5.74, 6) is 2.04. The lowest BCUT2D eigenvalue weighted by molar-refractivity contribution is -0.113. The lowest BCUT2D eigenvalue weighted by Crippen LogP contribution is -2.14. The fourth-order valence-electron chi connectivity index (χ4n) is 2.39. The third kappa shape index (κ3) is 5.77. The number of benzene rings is 1. The molecule has 2 rings (SSSR count). The van der Waals surface area contributed by atoms with Crippen LogP contribution in [0.2, 0.25) is 0 Å². The molecule has 0 aliphatic heterocycles. The van der Waals surface area contributed by atoms with Crippen LogP contribution in [0.5, 0.6) is 5.75 Å². The Morgan fingerprint density at radius 2 is 1.96 bits per heavy atom. The van der Waals surface area contributed by atoms with Crippen LogP contribution in [-0.4, -0.2) is 33.0 Å². The molecule has 7 heteroatoms. The number of nitrogens with zero attached hydrogens (tertiary/aromatic N) is 3. The molecule has 0 atom stereocenters. The van der Waals surface area contributed by atoms with Gasteiger partial charge < -0.3 is 14.6 Å². The highest BCUT2D eigenvalue weighted by atomic mass is 32.2. The van der Waals surface area contributed by atoms with Gasteiger partial charge in [-0.2, -0.15) is 0 Å². The van der Waals surface area contributed by atoms with E-state index in [9.17, 15) is 4.79 Å². The van der Waals surface area contributed by atoms with E-state index < -0.39 is 0 Å². The molecule has 0 radical (unpaired) electrons. The first-order valence-corrected chi connectivity index (χ1v) is 9.74. The maximum Gasteiger partial charge on any atom is 0.234 e. The maximum absolute atomic E-state index is 12.2. The molecule has 1 aromatic heterocycles. The molecular weight excluding hydrogens is 336 g/mol. The number of ether oxygens (including phenoxy) is 1. The summed E-state index contributed by atoms with van der Waals surface area (Å²) >= 11 is 1.42. The Hall–Kier alpha value is -2.02. The van der Waals surface area contributed by atoms with Crippen molar-refractivity contribution in [2.75, 3.05) is 17.7 Å². The van der Waals surface area contributed by atoms with Gasteiger partial charge in [0.2, 0.25) is 5.91 Å². The molecule has 1 N–H and O–H groups in total. The van der Waals surface area contributed by atoms with E-state index in [4.69, 9.17) is 4.74 Å². The summed E-state index contributed by atoms with van der Waals surface area (Å²) in [6, 6.07) is 7.37. The summed E-state index contributed by atoms with van der Waals surface area (Å²) in [5.41, 5.74) is 0.759. The van der Waals surface area contributed by atoms with E-state index in [1.165, 1.54) is 11.8 Å². The third-order valence-corrected chi connectivity index (χ3v) is 4.61. The van der Waals surface area contributed by atoms with Gasteiger partial charge in [0.05, 0.1) is 12.4 Å². The molecule has 1 aromatic carbocycles. The van der Waals surface area contributed by atoms with E-state index in [2.05, 4.69) is 33.9 Å². The van der Waals surface area contributed by atoms with Crippen LogP contribution in [0.4, 0.5) is 5.69 Å². The molecule has 0 unspecified atom stereocenters. The van der Waals surface area contributed by atoms with Crippen molar-refractivity contribution < 1.29 is 9.53 Å². The highest BCUT2D eigenvalue weighted by Gasteiger charge is 2.13. The van der Waals surface area contributed by atoms with E-state index in [0.717, 1.165) is 48.2 Å². The van der Waals surface area contributed by atoms with E-state index in [-0.39, 0.29) is 5.91 Å². The zero-order valence-electron chi connectivity index (χ0n) is 15.1. The minimum atomic E-state index is -0.0603. The van der Waals surface area contributed by atoms with Gasteiger partial charge >= 0.3 is 0 Å². The quantitative estimate of drug-likeness (QED) is 0.652. The van der Waals surface area contributed by atoms with Crippen LogP contribution in [0.25, 0.3) is 0 Å². The third-order valence-electron chi connectivity index (χ3n) is 3.65. The van der Waals surface area contributed by atoms with Crippen molar-refractivity contribution >= 4 is 23.4 Å². The molecule has 0 aliphatic carbocycles. The second kappa shape index (κ2) is 10.1. The van der Waals surface area contributed by atoms with E-state index in [1.54, 1.807) is 0 Å². The van der Waals surface area contributed by atoms with Crippen molar-refractivity contribution in [1.82, 2.24) is 14.8 Å². The normalized spacial score (nSPS) is 10.7. The number of amides is 1. The lowest BCUT2D eigenvalue weighted by atomic mass is 10.2. The molecule has 136 valence electrons. The van der Waals surface area contributed by atoms with Gasteiger partial charge in [-0.05, 0) is 44.5 Å². The predicted molar refractivity (Wildman–Crippen MR) is 101 cm³/mol. The van der Waals surface area contributed by atoms with Gasteiger partial charge in [-0.25, -0.2) is 0 Å². The average Bonchev–Trinajstić information content (AvgIpc) is 3.02. The molecule has 1 heterocycles. The fourth-order valence-corrected chi connectivity index (χ4v) is 3.21. The predicted octanol–water partition coefficient (Wildman–Crippen LogP) is 3.77. The van der Waals surface area contributed by atoms with Crippen molar-refractivity contribution in [3.05, 3.63) is 30.1 Å². The van der Waals surface area contributed by atoms with Crippen LogP contribution in [0.3, 0.4) is 0 Å². The Balaban J connectivity index is 1.88. The molecule has 0 aliphatic rings. The van der Waals surface area contributed by atoms with Crippen molar-refractivity contribution in [2.24, 2.45) is 0 Å². The lowest BCUT2D eigenvalue weighted by Gasteiger charge is -2.08. The number of nitrogens with one attached hydrogen (secondary N) is 1. The Morgan fingerprint density at radius 1 is 1.20 bits per heavy atom. The minimum Gasteiger partial charge on any atom is -0.494 e.